The smallest absolute Gasteiger partial charge is 0.137 e. The summed E-state index contributed by atoms with van der Waals surface area (Å²) >= 11 is 0. The summed E-state index contributed by atoms with van der Waals surface area (Å²) in [6.07, 6.45) is 10.6. The summed E-state index contributed by atoms with van der Waals surface area (Å²) in [6.45, 7) is 10.1. The van der Waals surface area contributed by atoms with Crippen LogP contribution in [-0.2, 0) is 24.8 Å². The van der Waals surface area contributed by atoms with E-state index in [0.29, 0.717) is 0 Å². The van der Waals surface area contributed by atoms with Gasteiger partial charge in [-0.1, -0.05) is 180 Å². The largest absolute Gasteiger partial charge is 0.483 e. The van der Waals surface area contributed by atoms with Crippen molar-refractivity contribution in [1.29, 1.82) is 0 Å². The van der Waals surface area contributed by atoms with Gasteiger partial charge in [-0.25, -0.2) is 0 Å². The summed E-state index contributed by atoms with van der Waals surface area (Å²) in [7, 11) is 0. The highest BCUT2D eigenvalue weighted by atomic mass is 16.5. The van der Waals surface area contributed by atoms with Gasteiger partial charge in [-0.2, -0.15) is 0 Å². The highest BCUT2D eigenvalue weighted by Crippen LogP contribution is 2.44. The normalized spacial score (nSPS) is 12.4. The SMILES string of the molecule is CCCc1cccc(CCC)c1/N=C(/CCn1cccc1)[C@@H](CCC(C)(C)c1ccccc1)Oc1c(-c2ccccc2)cc(-c2ccccc2)cc1-c1ccccc1. The van der Waals surface area contributed by atoms with Crippen LogP contribution in [-0.4, -0.2) is 16.4 Å². The van der Waals surface area contributed by atoms with Gasteiger partial charge >= 0.3 is 0 Å². The summed E-state index contributed by atoms with van der Waals surface area (Å²) in [5, 5.41) is 0. The van der Waals surface area contributed by atoms with Gasteiger partial charge < -0.3 is 9.30 Å². The maximum atomic E-state index is 7.77. The van der Waals surface area contributed by atoms with Gasteiger partial charge in [0.05, 0.1) is 11.4 Å². The van der Waals surface area contributed by atoms with Crippen LogP contribution in [0.1, 0.15) is 76.5 Å². The number of para-hydroxylation sites is 1. The number of ether oxygens (including phenoxy) is 1. The molecule has 1 aromatic heterocycles. The monoisotopic (exact) mass is 762 g/mol. The van der Waals surface area contributed by atoms with Gasteiger partial charge in [0, 0.05) is 36.5 Å². The van der Waals surface area contributed by atoms with Crippen LogP contribution in [0.25, 0.3) is 33.4 Å². The fourth-order valence-corrected chi connectivity index (χ4v) is 8.10. The van der Waals surface area contributed by atoms with Crippen molar-refractivity contribution >= 4 is 11.4 Å². The highest BCUT2D eigenvalue weighted by Gasteiger charge is 2.29. The molecule has 7 rings (SSSR count). The Labute approximate surface area is 347 Å². The van der Waals surface area contributed by atoms with Crippen molar-refractivity contribution in [2.45, 2.75) is 90.7 Å². The lowest BCUT2D eigenvalue weighted by atomic mass is 9.79. The van der Waals surface area contributed by atoms with E-state index in [4.69, 9.17) is 9.73 Å². The lowest BCUT2D eigenvalue weighted by Gasteiger charge is -2.30. The Bertz CT molecular complexity index is 2260. The van der Waals surface area contributed by atoms with Gasteiger partial charge in [-0.15, -0.1) is 0 Å². The number of aryl methyl sites for hydroxylation is 3. The van der Waals surface area contributed by atoms with Crippen LogP contribution in [0.3, 0.4) is 0 Å². The van der Waals surface area contributed by atoms with E-state index in [1.807, 2.05) is 0 Å². The average Bonchev–Trinajstić information content (AvgIpc) is 3.80. The number of hydrogen-bond acceptors (Lipinski definition) is 2. The summed E-state index contributed by atoms with van der Waals surface area (Å²) in [5.74, 6) is 0.892. The Kier molecular flexibility index (Phi) is 13.5. The van der Waals surface area contributed by atoms with E-state index in [1.165, 1.54) is 22.3 Å². The molecule has 1 atom stereocenters. The van der Waals surface area contributed by atoms with Crippen LogP contribution in [0.4, 0.5) is 5.69 Å². The molecule has 3 heteroatoms. The second-order valence-corrected chi connectivity index (χ2v) is 16.1. The number of rotatable bonds is 18. The molecule has 0 amide bonds. The number of aromatic nitrogens is 1. The van der Waals surface area contributed by atoms with Crippen LogP contribution in [0.15, 0.2) is 181 Å². The predicted molar refractivity (Wildman–Crippen MR) is 246 cm³/mol. The topological polar surface area (TPSA) is 26.5 Å². The van der Waals surface area contributed by atoms with Crippen molar-refractivity contribution in [1.82, 2.24) is 4.57 Å². The molecule has 6 aromatic carbocycles. The zero-order valence-corrected chi connectivity index (χ0v) is 34.8. The first-order valence-corrected chi connectivity index (χ1v) is 21.3. The second-order valence-electron chi connectivity index (χ2n) is 16.1. The van der Waals surface area contributed by atoms with Crippen LogP contribution >= 0.6 is 0 Å². The molecule has 0 radical (unpaired) electrons. The van der Waals surface area contributed by atoms with Crippen molar-refractivity contribution in [3.63, 3.8) is 0 Å². The van der Waals surface area contributed by atoms with Crippen molar-refractivity contribution in [2.75, 3.05) is 0 Å². The van der Waals surface area contributed by atoms with Crippen molar-refractivity contribution in [3.05, 3.63) is 193 Å². The maximum absolute atomic E-state index is 7.77. The zero-order valence-electron chi connectivity index (χ0n) is 34.8. The molecule has 0 unspecified atom stereocenters. The Hall–Kier alpha value is -5.93. The Balaban J connectivity index is 1.45. The third-order valence-corrected chi connectivity index (χ3v) is 11.4. The molecule has 3 nitrogen and oxygen atoms in total. The summed E-state index contributed by atoms with van der Waals surface area (Å²) in [6, 6.07) is 58.8. The molecule has 0 bridgehead atoms. The molecule has 0 aliphatic heterocycles. The van der Waals surface area contributed by atoms with Gasteiger partial charge in [0.25, 0.3) is 0 Å². The molecule has 294 valence electrons. The maximum Gasteiger partial charge on any atom is 0.137 e. The zero-order chi connectivity index (χ0) is 40.2. The van der Waals surface area contributed by atoms with Crippen LogP contribution < -0.4 is 4.74 Å². The van der Waals surface area contributed by atoms with E-state index in [2.05, 4.69) is 208 Å². The van der Waals surface area contributed by atoms with E-state index >= 15 is 0 Å². The number of benzene rings is 6. The average molecular weight is 763 g/mol. The first-order valence-electron chi connectivity index (χ1n) is 21.3. The second kappa shape index (κ2) is 19.5. The minimum absolute atomic E-state index is 0.0798. The summed E-state index contributed by atoms with van der Waals surface area (Å²) in [5.41, 5.74) is 12.9. The number of nitrogens with zero attached hydrogens (tertiary/aromatic N) is 2. The fourth-order valence-electron chi connectivity index (χ4n) is 8.10. The molecule has 0 fully saturated rings. The number of aliphatic imine (C=N–C) groups is 1. The minimum Gasteiger partial charge on any atom is -0.483 e. The Morgan fingerprint density at radius 2 is 1.09 bits per heavy atom. The van der Waals surface area contributed by atoms with E-state index in [-0.39, 0.29) is 11.5 Å². The molecule has 0 spiro atoms. The quantitative estimate of drug-likeness (QED) is 0.0800. The predicted octanol–water partition coefficient (Wildman–Crippen LogP) is 14.8. The lowest BCUT2D eigenvalue weighted by Crippen LogP contribution is -2.31. The van der Waals surface area contributed by atoms with Gasteiger partial charge in [-0.05, 0) is 94.3 Å². The fraction of sp³-hybridized carbons (Fsp3) is 0.255. The van der Waals surface area contributed by atoms with E-state index in [0.717, 1.165) is 96.5 Å². The number of hydrogen-bond donors (Lipinski definition) is 0. The molecule has 0 aliphatic carbocycles. The molecular weight excluding hydrogens is 705 g/mol. The molecule has 0 saturated heterocycles. The van der Waals surface area contributed by atoms with Crippen LogP contribution in [0, 0.1) is 0 Å². The molecular formula is C55H58N2O. The molecule has 0 aliphatic rings. The van der Waals surface area contributed by atoms with Gasteiger partial charge in [0.15, 0.2) is 0 Å². The molecule has 0 N–H and O–H groups in total. The summed E-state index contributed by atoms with van der Waals surface area (Å²) < 4.78 is 10.0. The van der Waals surface area contributed by atoms with Crippen LogP contribution in [0.5, 0.6) is 5.75 Å². The third kappa shape index (κ3) is 9.95. The van der Waals surface area contributed by atoms with Crippen LogP contribution in [0.2, 0.25) is 0 Å². The Morgan fingerprint density at radius 1 is 0.586 bits per heavy atom. The van der Waals surface area contributed by atoms with Gasteiger partial charge in [-0.3, -0.25) is 4.99 Å². The molecule has 7 aromatic rings. The van der Waals surface area contributed by atoms with Gasteiger partial charge in [0.1, 0.15) is 11.9 Å². The first-order chi connectivity index (χ1) is 28.4. The molecule has 0 saturated carbocycles. The third-order valence-electron chi connectivity index (χ3n) is 11.4. The van der Waals surface area contributed by atoms with Gasteiger partial charge in [0.2, 0.25) is 0 Å². The van der Waals surface area contributed by atoms with E-state index < -0.39 is 0 Å². The molecule has 1 heterocycles. The van der Waals surface area contributed by atoms with E-state index in [9.17, 15) is 0 Å². The van der Waals surface area contributed by atoms with E-state index in [1.54, 1.807) is 0 Å². The minimum atomic E-state index is -0.296. The standard InChI is InChI=1S/C55H58N2O/c1-5-22-45-30-21-31-46(23-6-2)53(45)56-51(35-39-57-37-19-20-38-57)52(34-36-55(3,4)48-32-17-10-18-33-48)58-54-49(43-26-13-8-14-27-43)40-47(42-24-11-7-12-25-42)41-50(54)44-28-15-9-16-29-44/h7-21,24-33,37-38,40-41,52H,5-6,22-23,34-36,39H2,1-4H3/b56-51-/t52-/m1/s1. The van der Waals surface area contributed by atoms with Crippen molar-refractivity contribution in [2.24, 2.45) is 4.99 Å². The first kappa shape index (κ1) is 40.3. The highest BCUT2D eigenvalue weighted by molar-refractivity contribution is 5.93. The lowest BCUT2D eigenvalue weighted by molar-refractivity contribution is 0.238. The van der Waals surface area contributed by atoms with Crippen molar-refractivity contribution in [3.8, 4) is 39.1 Å². The summed E-state index contributed by atoms with van der Waals surface area (Å²) in [4.78, 5) is 5.81. The molecule has 58 heavy (non-hydrogen) atoms. The van der Waals surface area contributed by atoms with Crippen molar-refractivity contribution < 1.29 is 4.74 Å². The Morgan fingerprint density at radius 3 is 1.60 bits per heavy atom.